The Kier molecular flexibility index (Phi) is 38.2. The van der Waals surface area contributed by atoms with Crippen LogP contribution >= 0.6 is 0 Å². The van der Waals surface area contributed by atoms with E-state index in [1.54, 1.807) is 0 Å². The minimum Gasteiger partial charge on any atom is -0.491 e. The van der Waals surface area contributed by atoms with E-state index in [1.165, 1.54) is 44.1 Å². The number of carbonyl (C=O) groups excluding carboxylic acids is 1. The molecule has 13 nitrogen and oxygen atoms in total. The SMILES string of the molecule is CCCCCCCCc1ccc(OCCOCCOCCOCCOCCOCCOCCOCCOCCOCCOCCOC(=O)CCC)cc1. The molecule has 0 N–H and O–H groups in total. The minimum absolute atomic E-state index is 0.188. The third-order valence-corrected chi connectivity index (χ3v) is 7.53. The fourth-order valence-corrected chi connectivity index (χ4v) is 4.65. The Balaban J connectivity index is 1.68. The highest BCUT2D eigenvalue weighted by Gasteiger charge is 2.01. The van der Waals surface area contributed by atoms with Crippen LogP contribution in [0.3, 0.4) is 0 Å². The first kappa shape index (κ1) is 49.1. The fraction of sp³-hybridized carbons (Fsp3) is 0.825. The molecule has 0 spiro atoms. The van der Waals surface area contributed by atoms with Crippen LogP contribution in [0.1, 0.15) is 70.8 Å². The number of rotatable bonds is 43. The summed E-state index contributed by atoms with van der Waals surface area (Å²) in [6.45, 7) is 14.9. The fourth-order valence-electron chi connectivity index (χ4n) is 4.65. The highest BCUT2D eigenvalue weighted by Crippen LogP contribution is 2.15. The van der Waals surface area contributed by atoms with Gasteiger partial charge in [0.05, 0.1) is 132 Å². The van der Waals surface area contributed by atoms with Crippen LogP contribution in [0.2, 0.25) is 0 Å². The van der Waals surface area contributed by atoms with Gasteiger partial charge in [-0.2, -0.15) is 0 Å². The standard InChI is InChI=1S/C40H72O13/c1-3-5-6-7-8-9-11-38-12-14-39(15-13-38)52-36-34-50-32-30-48-28-26-46-24-22-44-20-18-42-16-17-43-19-21-45-23-25-47-27-29-49-31-33-51-35-37-53-40(41)10-4-2/h12-15H,3-11,16-37H2,1-2H3. The average Bonchev–Trinajstić information content (AvgIpc) is 3.17. The number of carbonyl (C=O) groups is 1. The van der Waals surface area contributed by atoms with Crippen molar-refractivity contribution in [2.24, 2.45) is 0 Å². The molecule has 0 bridgehead atoms. The van der Waals surface area contributed by atoms with Crippen LogP contribution in [-0.2, 0) is 63.3 Å². The molecule has 0 amide bonds. The van der Waals surface area contributed by atoms with Crippen LogP contribution in [0.4, 0.5) is 0 Å². The predicted octanol–water partition coefficient (Wildman–Crippen LogP) is 5.48. The Morgan fingerprint density at radius 3 is 1.11 bits per heavy atom. The minimum atomic E-state index is -0.188. The van der Waals surface area contributed by atoms with Gasteiger partial charge in [-0.3, -0.25) is 4.79 Å². The molecule has 0 saturated heterocycles. The van der Waals surface area contributed by atoms with E-state index in [-0.39, 0.29) is 12.6 Å². The molecule has 0 atom stereocenters. The second-order valence-electron chi connectivity index (χ2n) is 12.1. The zero-order valence-electron chi connectivity index (χ0n) is 33.0. The second-order valence-corrected chi connectivity index (χ2v) is 12.1. The smallest absolute Gasteiger partial charge is 0.305 e. The van der Waals surface area contributed by atoms with Gasteiger partial charge in [-0.05, 0) is 37.0 Å². The molecule has 0 aliphatic rings. The van der Waals surface area contributed by atoms with Crippen molar-refractivity contribution in [3.05, 3.63) is 29.8 Å². The van der Waals surface area contributed by atoms with Gasteiger partial charge in [-0.1, -0.05) is 58.1 Å². The predicted molar refractivity (Wildman–Crippen MR) is 203 cm³/mol. The molecule has 0 aliphatic carbocycles. The maximum atomic E-state index is 11.2. The molecule has 0 fully saturated rings. The Morgan fingerprint density at radius 1 is 0.396 bits per heavy atom. The summed E-state index contributed by atoms with van der Waals surface area (Å²) in [7, 11) is 0. The maximum absolute atomic E-state index is 11.2. The summed E-state index contributed by atoms with van der Waals surface area (Å²) < 4.78 is 65.6. The topological polar surface area (TPSA) is 128 Å². The Labute approximate surface area is 319 Å². The highest BCUT2D eigenvalue weighted by atomic mass is 16.6. The molecule has 310 valence electrons. The molecule has 0 saturated carbocycles. The molecule has 1 aromatic carbocycles. The van der Waals surface area contributed by atoms with Gasteiger partial charge in [-0.25, -0.2) is 0 Å². The summed E-state index contributed by atoms with van der Waals surface area (Å²) >= 11 is 0. The first-order valence-electron chi connectivity index (χ1n) is 19.9. The molecular formula is C40H72O13. The molecule has 0 heterocycles. The zero-order chi connectivity index (χ0) is 38.0. The van der Waals surface area contributed by atoms with Crippen molar-refractivity contribution in [1.82, 2.24) is 0 Å². The summed E-state index contributed by atoms with van der Waals surface area (Å²) in [4.78, 5) is 11.2. The third kappa shape index (κ3) is 36.8. The summed E-state index contributed by atoms with van der Waals surface area (Å²) in [5.74, 6) is 0.695. The zero-order valence-corrected chi connectivity index (χ0v) is 33.0. The summed E-state index contributed by atoms with van der Waals surface area (Å²) in [5, 5.41) is 0. The quantitative estimate of drug-likeness (QED) is 0.0617. The van der Waals surface area contributed by atoms with Gasteiger partial charge in [0, 0.05) is 6.42 Å². The monoisotopic (exact) mass is 760 g/mol. The first-order valence-corrected chi connectivity index (χ1v) is 19.9. The second kappa shape index (κ2) is 41.3. The van der Waals surface area contributed by atoms with E-state index in [1.807, 2.05) is 19.1 Å². The van der Waals surface area contributed by atoms with Crippen LogP contribution in [0.15, 0.2) is 24.3 Å². The van der Waals surface area contributed by atoms with Gasteiger partial charge < -0.3 is 56.8 Å². The lowest BCUT2D eigenvalue weighted by atomic mass is 10.0. The van der Waals surface area contributed by atoms with E-state index in [4.69, 9.17) is 56.8 Å². The first-order chi connectivity index (χ1) is 26.3. The summed E-state index contributed by atoms with van der Waals surface area (Å²) in [6, 6.07) is 8.43. The van der Waals surface area contributed by atoms with Crippen LogP contribution < -0.4 is 4.74 Å². The van der Waals surface area contributed by atoms with Gasteiger partial charge >= 0.3 is 5.97 Å². The molecule has 1 aromatic rings. The number of benzene rings is 1. The number of esters is 1. The van der Waals surface area contributed by atoms with Gasteiger partial charge in [0.15, 0.2) is 0 Å². The van der Waals surface area contributed by atoms with Crippen LogP contribution in [0.25, 0.3) is 0 Å². The molecule has 53 heavy (non-hydrogen) atoms. The molecule has 0 unspecified atom stereocenters. The largest absolute Gasteiger partial charge is 0.491 e. The lowest BCUT2D eigenvalue weighted by Gasteiger charge is -2.09. The van der Waals surface area contributed by atoms with Crippen molar-refractivity contribution in [2.45, 2.75) is 71.6 Å². The van der Waals surface area contributed by atoms with Gasteiger partial charge in [0.1, 0.15) is 19.0 Å². The van der Waals surface area contributed by atoms with Crippen LogP contribution in [0, 0.1) is 0 Å². The van der Waals surface area contributed by atoms with E-state index in [0.717, 1.165) is 18.6 Å². The number of ether oxygens (including phenoxy) is 12. The third-order valence-electron chi connectivity index (χ3n) is 7.53. The maximum Gasteiger partial charge on any atom is 0.305 e. The van der Waals surface area contributed by atoms with Crippen molar-refractivity contribution in [3.63, 3.8) is 0 Å². The molecule has 0 aromatic heterocycles. The van der Waals surface area contributed by atoms with E-state index < -0.39 is 0 Å². The number of hydrogen-bond donors (Lipinski definition) is 0. The van der Waals surface area contributed by atoms with Gasteiger partial charge in [0.2, 0.25) is 0 Å². The summed E-state index contributed by atoms with van der Waals surface area (Å²) in [6.07, 6.45) is 10.3. The molecule has 13 heteroatoms. The van der Waals surface area contributed by atoms with Crippen LogP contribution in [0.5, 0.6) is 5.75 Å². The van der Waals surface area contributed by atoms with Crippen molar-refractivity contribution < 1.29 is 61.6 Å². The normalized spacial score (nSPS) is 11.4. The van der Waals surface area contributed by atoms with E-state index in [2.05, 4.69) is 19.1 Å². The molecule has 1 rings (SSSR count). The Hall–Kier alpha value is -1.91. The number of aryl methyl sites for hydroxylation is 1. The van der Waals surface area contributed by atoms with Gasteiger partial charge in [-0.15, -0.1) is 0 Å². The van der Waals surface area contributed by atoms with Crippen molar-refractivity contribution in [1.29, 1.82) is 0 Å². The van der Waals surface area contributed by atoms with E-state index in [9.17, 15) is 4.79 Å². The van der Waals surface area contributed by atoms with E-state index in [0.29, 0.717) is 145 Å². The number of unbranched alkanes of at least 4 members (excludes halogenated alkanes) is 5. The Morgan fingerprint density at radius 2 is 0.736 bits per heavy atom. The van der Waals surface area contributed by atoms with E-state index >= 15 is 0 Å². The molecule has 0 aliphatic heterocycles. The lowest BCUT2D eigenvalue weighted by Crippen LogP contribution is -2.15. The van der Waals surface area contributed by atoms with Gasteiger partial charge in [0.25, 0.3) is 0 Å². The van der Waals surface area contributed by atoms with Crippen molar-refractivity contribution >= 4 is 5.97 Å². The highest BCUT2D eigenvalue weighted by molar-refractivity contribution is 5.69. The molecular weight excluding hydrogens is 688 g/mol. The van der Waals surface area contributed by atoms with Crippen LogP contribution in [-0.4, -0.2) is 151 Å². The van der Waals surface area contributed by atoms with Crippen molar-refractivity contribution in [2.75, 3.05) is 145 Å². The summed E-state index contributed by atoms with van der Waals surface area (Å²) in [5.41, 5.74) is 1.37. The number of hydrogen-bond acceptors (Lipinski definition) is 13. The molecule has 0 radical (unpaired) electrons. The average molecular weight is 761 g/mol. The van der Waals surface area contributed by atoms with Crippen molar-refractivity contribution in [3.8, 4) is 5.75 Å². The lowest BCUT2D eigenvalue weighted by molar-refractivity contribution is -0.145. The Bertz CT molecular complexity index is 875.